The minimum absolute atomic E-state index is 0.0949. The summed E-state index contributed by atoms with van der Waals surface area (Å²) >= 11 is 0. The molecule has 8 nitrogen and oxygen atoms in total. The number of fused-ring (bicyclic) bond motifs is 1. The quantitative estimate of drug-likeness (QED) is 0.499. The number of rotatable bonds is 7. The van der Waals surface area contributed by atoms with Gasteiger partial charge < -0.3 is 30.6 Å². The number of anilines is 1. The van der Waals surface area contributed by atoms with Crippen molar-refractivity contribution in [1.29, 1.82) is 0 Å². The summed E-state index contributed by atoms with van der Waals surface area (Å²) in [5.41, 5.74) is 7.94. The van der Waals surface area contributed by atoms with Crippen molar-refractivity contribution >= 4 is 28.4 Å². The Morgan fingerprint density at radius 2 is 1.76 bits per heavy atom. The maximum atomic E-state index is 13.6. The zero-order chi connectivity index (χ0) is 24.3. The Hall–Kier alpha value is -3.52. The average Bonchev–Trinajstić information content (AvgIpc) is 3.25. The van der Waals surface area contributed by atoms with Crippen molar-refractivity contribution in [3.63, 3.8) is 0 Å². The van der Waals surface area contributed by atoms with Gasteiger partial charge in [-0.3, -0.25) is 9.59 Å². The summed E-state index contributed by atoms with van der Waals surface area (Å²) in [6.07, 6.45) is 2.29. The average molecular weight is 464 g/mol. The molecule has 1 fully saturated rings. The Morgan fingerprint density at radius 3 is 2.47 bits per heavy atom. The van der Waals surface area contributed by atoms with E-state index >= 15 is 0 Å². The zero-order valence-corrected chi connectivity index (χ0v) is 20.0. The second-order valence-electron chi connectivity index (χ2n) is 9.30. The summed E-state index contributed by atoms with van der Waals surface area (Å²) in [5, 5.41) is 3.96. The number of nitrogens with zero attached hydrogens (tertiary/aromatic N) is 2. The number of hydrogen-bond donors (Lipinski definition) is 3. The molecule has 3 aromatic rings. The molecule has 1 saturated heterocycles. The summed E-state index contributed by atoms with van der Waals surface area (Å²) < 4.78 is 5.50. The van der Waals surface area contributed by atoms with Crippen LogP contribution in [-0.2, 0) is 16.0 Å². The molecule has 1 aliphatic rings. The lowest BCUT2D eigenvalue weighted by Crippen LogP contribution is -2.59. The maximum absolute atomic E-state index is 13.6. The van der Waals surface area contributed by atoms with Crippen molar-refractivity contribution in [3.05, 3.63) is 60.3 Å². The van der Waals surface area contributed by atoms with E-state index in [1.807, 2.05) is 59.6 Å². The topological polar surface area (TPSA) is 104 Å². The highest BCUT2D eigenvalue weighted by molar-refractivity contribution is 5.92. The summed E-state index contributed by atoms with van der Waals surface area (Å²) in [6, 6.07) is 15.1. The van der Waals surface area contributed by atoms with Crippen LogP contribution in [0.1, 0.15) is 19.4 Å². The highest BCUT2D eigenvalue weighted by Gasteiger charge is 2.33. The second-order valence-corrected chi connectivity index (χ2v) is 9.30. The fourth-order valence-corrected chi connectivity index (χ4v) is 4.34. The number of methoxy groups -OCH3 is 1. The van der Waals surface area contributed by atoms with Gasteiger partial charge in [0.1, 0.15) is 11.8 Å². The number of carbonyl (C=O) groups excluding carboxylic acids is 2. The molecule has 0 saturated carbocycles. The number of para-hydroxylation sites is 3. The van der Waals surface area contributed by atoms with E-state index in [9.17, 15) is 9.59 Å². The maximum Gasteiger partial charge on any atom is 0.245 e. The molecular formula is C26H33N5O3. The fourth-order valence-electron chi connectivity index (χ4n) is 4.34. The van der Waals surface area contributed by atoms with Crippen LogP contribution in [0.15, 0.2) is 54.7 Å². The van der Waals surface area contributed by atoms with Gasteiger partial charge in [0.2, 0.25) is 11.8 Å². The van der Waals surface area contributed by atoms with Gasteiger partial charge in [-0.1, -0.05) is 30.3 Å². The first kappa shape index (κ1) is 23.6. The molecule has 8 heteroatoms. The van der Waals surface area contributed by atoms with Gasteiger partial charge in [-0.2, -0.15) is 0 Å². The monoisotopic (exact) mass is 463 g/mol. The van der Waals surface area contributed by atoms with Crippen LogP contribution >= 0.6 is 0 Å². The third-order valence-corrected chi connectivity index (χ3v) is 6.30. The van der Waals surface area contributed by atoms with E-state index < -0.39 is 11.6 Å². The first-order chi connectivity index (χ1) is 16.3. The standard InChI is InChI=1S/C26H33N5O3/c1-26(2,27)25(33)29-21(16-18-17-28-20-9-5-4-8-19(18)20)24(32)31-14-12-30(13-15-31)22-10-6-7-11-23(22)34-3/h4-11,17,21,28H,12-16,27H2,1-3H3,(H,29,33)/t21-/m1/s1. The molecule has 1 atom stereocenters. The fraction of sp³-hybridized carbons (Fsp3) is 0.385. The minimum Gasteiger partial charge on any atom is -0.495 e. The number of benzene rings is 2. The van der Waals surface area contributed by atoms with Crippen LogP contribution in [0.4, 0.5) is 5.69 Å². The van der Waals surface area contributed by atoms with Crippen molar-refractivity contribution in [2.75, 3.05) is 38.2 Å². The van der Waals surface area contributed by atoms with Crippen molar-refractivity contribution < 1.29 is 14.3 Å². The van der Waals surface area contributed by atoms with Crippen LogP contribution in [0.5, 0.6) is 5.75 Å². The number of nitrogens with two attached hydrogens (primary N) is 1. The lowest BCUT2D eigenvalue weighted by Gasteiger charge is -2.38. The third-order valence-electron chi connectivity index (χ3n) is 6.30. The van der Waals surface area contributed by atoms with Gasteiger partial charge in [0.25, 0.3) is 0 Å². The SMILES string of the molecule is COc1ccccc1N1CCN(C(=O)[C@@H](Cc2c[nH]c3ccccc23)NC(=O)C(C)(C)N)CC1. The van der Waals surface area contributed by atoms with E-state index in [0.29, 0.717) is 32.6 Å². The Bertz CT molecular complexity index is 1160. The van der Waals surface area contributed by atoms with Crippen molar-refractivity contribution in [2.24, 2.45) is 5.73 Å². The highest BCUT2D eigenvalue weighted by atomic mass is 16.5. The van der Waals surface area contributed by atoms with Crippen LogP contribution in [0.3, 0.4) is 0 Å². The normalized spacial score (nSPS) is 15.3. The smallest absolute Gasteiger partial charge is 0.245 e. The van der Waals surface area contributed by atoms with Crippen molar-refractivity contribution in [1.82, 2.24) is 15.2 Å². The highest BCUT2D eigenvalue weighted by Crippen LogP contribution is 2.28. The van der Waals surface area contributed by atoms with E-state index in [2.05, 4.69) is 15.2 Å². The van der Waals surface area contributed by atoms with E-state index in [1.165, 1.54) is 0 Å². The van der Waals surface area contributed by atoms with Crippen molar-refractivity contribution in [2.45, 2.75) is 31.8 Å². The zero-order valence-electron chi connectivity index (χ0n) is 20.0. The molecule has 4 rings (SSSR count). The Balaban J connectivity index is 1.50. The second kappa shape index (κ2) is 9.77. The van der Waals surface area contributed by atoms with E-state index in [-0.39, 0.29) is 11.8 Å². The lowest BCUT2D eigenvalue weighted by atomic mass is 10.0. The minimum atomic E-state index is -1.08. The van der Waals surface area contributed by atoms with Gasteiger partial charge in [-0.15, -0.1) is 0 Å². The molecule has 0 radical (unpaired) electrons. The number of ether oxygens (including phenoxy) is 1. The predicted molar refractivity (Wildman–Crippen MR) is 134 cm³/mol. The van der Waals surface area contributed by atoms with E-state index in [0.717, 1.165) is 27.9 Å². The Morgan fingerprint density at radius 1 is 1.09 bits per heavy atom. The Kier molecular flexibility index (Phi) is 6.79. The number of piperazine rings is 1. The lowest BCUT2D eigenvalue weighted by molar-refractivity contribution is -0.137. The van der Waals surface area contributed by atoms with Crippen LogP contribution in [0.2, 0.25) is 0 Å². The number of H-pyrrole nitrogens is 1. The molecular weight excluding hydrogens is 430 g/mol. The summed E-state index contributed by atoms with van der Waals surface area (Å²) in [7, 11) is 1.66. The molecule has 0 aliphatic carbocycles. The molecule has 0 bridgehead atoms. The van der Waals surface area contributed by atoms with E-state index in [4.69, 9.17) is 10.5 Å². The molecule has 4 N–H and O–H groups in total. The largest absolute Gasteiger partial charge is 0.495 e. The van der Waals surface area contributed by atoms with Gasteiger partial charge >= 0.3 is 0 Å². The number of aromatic nitrogens is 1. The first-order valence-corrected chi connectivity index (χ1v) is 11.6. The Labute approximate surface area is 200 Å². The third kappa shape index (κ3) is 5.02. The van der Waals surface area contributed by atoms with Gasteiger partial charge in [0, 0.05) is 49.7 Å². The van der Waals surface area contributed by atoms with Gasteiger partial charge in [-0.25, -0.2) is 0 Å². The molecule has 34 heavy (non-hydrogen) atoms. The number of amides is 2. The number of nitrogens with one attached hydrogen (secondary N) is 2. The summed E-state index contributed by atoms with van der Waals surface area (Å²) in [4.78, 5) is 33.6. The van der Waals surface area contributed by atoms with Crippen LogP contribution in [-0.4, -0.2) is 66.6 Å². The summed E-state index contributed by atoms with van der Waals surface area (Å²) in [6.45, 7) is 5.76. The molecule has 2 aromatic carbocycles. The van der Waals surface area contributed by atoms with Gasteiger partial charge in [-0.05, 0) is 37.6 Å². The van der Waals surface area contributed by atoms with Crippen LogP contribution in [0.25, 0.3) is 10.9 Å². The van der Waals surface area contributed by atoms with Crippen LogP contribution in [0, 0.1) is 0 Å². The first-order valence-electron chi connectivity index (χ1n) is 11.6. The van der Waals surface area contributed by atoms with Crippen molar-refractivity contribution in [3.8, 4) is 5.75 Å². The molecule has 1 aromatic heterocycles. The van der Waals surface area contributed by atoms with Gasteiger partial charge in [0.15, 0.2) is 0 Å². The molecule has 0 unspecified atom stereocenters. The molecule has 0 spiro atoms. The molecule has 1 aliphatic heterocycles. The van der Waals surface area contributed by atoms with E-state index in [1.54, 1.807) is 21.0 Å². The predicted octanol–water partition coefficient (Wildman–Crippen LogP) is 2.29. The van der Waals surface area contributed by atoms with Gasteiger partial charge in [0.05, 0.1) is 18.3 Å². The summed E-state index contributed by atoms with van der Waals surface area (Å²) in [5.74, 6) is 0.373. The molecule has 2 amide bonds. The molecule has 180 valence electrons. The molecule has 2 heterocycles. The van der Waals surface area contributed by atoms with Crippen LogP contribution < -0.4 is 20.7 Å². The number of hydrogen-bond acceptors (Lipinski definition) is 5. The number of aromatic amines is 1. The number of carbonyl (C=O) groups is 2.